The molecule has 1 N–H and O–H groups in total. The van der Waals surface area contributed by atoms with Gasteiger partial charge in [0.15, 0.2) is 0 Å². The molecule has 0 bridgehead atoms. The number of benzene rings is 2. The summed E-state index contributed by atoms with van der Waals surface area (Å²) in [5, 5.41) is 0. The molecule has 0 aromatic heterocycles. The summed E-state index contributed by atoms with van der Waals surface area (Å²) in [6.45, 7) is 1.89. The van der Waals surface area contributed by atoms with Gasteiger partial charge in [0.2, 0.25) is 10.0 Å². The van der Waals surface area contributed by atoms with Crippen LogP contribution in [0.4, 0.5) is 0 Å². The third-order valence-corrected chi connectivity index (χ3v) is 4.81. The summed E-state index contributed by atoms with van der Waals surface area (Å²) < 4.78 is 27.3. The smallest absolute Gasteiger partial charge is 0.241 e. The van der Waals surface area contributed by atoms with Gasteiger partial charge in [-0.3, -0.25) is 0 Å². The van der Waals surface area contributed by atoms with E-state index in [4.69, 9.17) is 0 Å². The van der Waals surface area contributed by atoms with Gasteiger partial charge >= 0.3 is 0 Å². The molecule has 0 saturated carbocycles. The highest BCUT2D eigenvalue weighted by atomic mass is 32.2. The zero-order valence-corrected chi connectivity index (χ0v) is 13.7. The van der Waals surface area contributed by atoms with Crippen molar-refractivity contribution in [3.8, 4) is 0 Å². The third-order valence-electron chi connectivity index (χ3n) is 3.31. The average molecular weight is 329 g/mol. The van der Waals surface area contributed by atoms with Gasteiger partial charge in [-0.05, 0) is 24.6 Å². The van der Waals surface area contributed by atoms with Crippen molar-refractivity contribution in [3.63, 3.8) is 0 Å². The fourth-order valence-electron chi connectivity index (χ4n) is 2.05. The molecule has 5 heteroatoms. The summed E-state index contributed by atoms with van der Waals surface area (Å²) in [5.74, 6) is 0. The average Bonchev–Trinajstić information content (AvgIpc) is 2.54. The number of aldehydes is 1. The lowest BCUT2D eigenvalue weighted by Crippen LogP contribution is -2.33. The first kappa shape index (κ1) is 17.1. The van der Waals surface area contributed by atoms with Crippen LogP contribution in [0.3, 0.4) is 0 Å². The molecule has 2 rings (SSSR count). The number of hydrogen-bond donors (Lipinski definition) is 1. The van der Waals surface area contributed by atoms with E-state index in [9.17, 15) is 13.2 Å². The summed E-state index contributed by atoms with van der Waals surface area (Å²) in [7, 11) is -3.66. The second-order valence-corrected chi connectivity index (χ2v) is 6.93. The third kappa shape index (κ3) is 5.16. The van der Waals surface area contributed by atoms with Gasteiger partial charge in [-0.25, -0.2) is 13.1 Å². The molecule has 0 heterocycles. The maximum atomic E-state index is 12.4. The molecule has 0 fully saturated rings. The Bertz CT molecular complexity index is 766. The maximum absolute atomic E-state index is 12.4. The van der Waals surface area contributed by atoms with E-state index in [1.165, 1.54) is 0 Å². The maximum Gasteiger partial charge on any atom is 0.241 e. The summed E-state index contributed by atoms with van der Waals surface area (Å²) in [6, 6.07) is 15.5. The Morgan fingerprint density at radius 1 is 1.04 bits per heavy atom. The molecule has 120 valence electrons. The second-order valence-electron chi connectivity index (χ2n) is 5.21. The topological polar surface area (TPSA) is 63.2 Å². The van der Waals surface area contributed by atoms with Gasteiger partial charge < -0.3 is 4.79 Å². The van der Waals surface area contributed by atoms with E-state index in [0.29, 0.717) is 6.29 Å². The number of sulfonamides is 1. The number of aryl methyl sites for hydroxylation is 1. The zero-order valence-electron chi connectivity index (χ0n) is 12.8. The minimum absolute atomic E-state index is 0.0778. The van der Waals surface area contributed by atoms with Crippen LogP contribution < -0.4 is 4.72 Å². The Labute approximate surface area is 136 Å². The molecule has 0 saturated heterocycles. The Kier molecular flexibility index (Phi) is 5.84. The Hall–Kier alpha value is -2.24. The van der Waals surface area contributed by atoms with Crippen LogP contribution in [0.2, 0.25) is 0 Å². The first-order valence-corrected chi connectivity index (χ1v) is 8.75. The number of rotatable bonds is 7. The fourth-order valence-corrected chi connectivity index (χ4v) is 3.25. The molecule has 0 amide bonds. The quantitative estimate of drug-likeness (QED) is 0.794. The Balaban J connectivity index is 2.16. The van der Waals surface area contributed by atoms with Crippen LogP contribution in [0, 0.1) is 6.92 Å². The predicted molar refractivity (Wildman–Crippen MR) is 91.4 cm³/mol. The predicted octanol–water partition coefficient (Wildman–Crippen LogP) is 2.94. The number of carbonyl (C=O) groups excluding carboxylic acids is 1. The van der Waals surface area contributed by atoms with Crippen LogP contribution in [0.25, 0.3) is 6.08 Å². The lowest BCUT2D eigenvalue weighted by atomic mass is 10.1. The lowest BCUT2D eigenvalue weighted by molar-refractivity contribution is -0.108. The molecular formula is C18H19NO3S. The number of hydrogen-bond acceptors (Lipinski definition) is 3. The number of nitrogens with one attached hydrogen (secondary N) is 1. The summed E-state index contributed by atoms with van der Waals surface area (Å²) in [4.78, 5) is 11.0. The van der Waals surface area contributed by atoms with Crippen LogP contribution >= 0.6 is 0 Å². The van der Waals surface area contributed by atoms with Gasteiger partial charge in [0.1, 0.15) is 6.29 Å². The highest BCUT2D eigenvalue weighted by molar-refractivity contribution is 7.89. The van der Waals surface area contributed by atoms with Crippen LogP contribution in [-0.2, 0) is 14.8 Å². The van der Waals surface area contributed by atoms with Gasteiger partial charge in [0, 0.05) is 12.5 Å². The molecule has 0 aliphatic carbocycles. The first-order valence-electron chi connectivity index (χ1n) is 7.27. The van der Waals surface area contributed by atoms with E-state index in [1.807, 2.05) is 37.3 Å². The molecule has 0 aliphatic rings. The van der Waals surface area contributed by atoms with Gasteiger partial charge in [-0.15, -0.1) is 0 Å². The standard InChI is InChI=1S/C18H19NO3S/c1-15-7-11-18(12-8-15)23(21,22)19-17(13-14-20)10-9-16-5-3-2-4-6-16/h2-12,14,17,19H,13H2,1H3/b10-9+. The van der Waals surface area contributed by atoms with E-state index in [1.54, 1.807) is 36.4 Å². The van der Waals surface area contributed by atoms with Crippen molar-refractivity contribution in [2.24, 2.45) is 0 Å². The molecule has 0 radical (unpaired) electrons. The van der Waals surface area contributed by atoms with Gasteiger partial charge in [0.25, 0.3) is 0 Å². The van der Waals surface area contributed by atoms with E-state index in [2.05, 4.69) is 4.72 Å². The van der Waals surface area contributed by atoms with E-state index < -0.39 is 16.1 Å². The van der Waals surface area contributed by atoms with Crippen LogP contribution in [0.15, 0.2) is 65.6 Å². The highest BCUT2D eigenvalue weighted by Crippen LogP contribution is 2.12. The van der Waals surface area contributed by atoms with E-state index in [-0.39, 0.29) is 11.3 Å². The van der Waals surface area contributed by atoms with E-state index >= 15 is 0 Å². The van der Waals surface area contributed by atoms with Crippen molar-refractivity contribution < 1.29 is 13.2 Å². The summed E-state index contributed by atoms with van der Waals surface area (Å²) in [5.41, 5.74) is 1.93. The van der Waals surface area contributed by atoms with Crippen LogP contribution in [0.1, 0.15) is 17.5 Å². The molecule has 0 aliphatic heterocycles. The molecule has 1 unspecified atom stereocenters. The summed E-state index contributed by atoms with van der Waals surface area (Å²) in [6.07, 6.45) is 4.27. The van der Waals surface area contributed by atoms with Crippen molar-refractivity contribution in [2.75, 3.05) is 0 Å². The van der Waals surface area contributed by atoms with Crippen LogP contribution in [-0.4, -0.2) is 20.7 Å². The van der Waals surface area contributed by atoms with Crippen LogP contribution in [0.5, 0.6) is 0 Å². The molecule has 2 aromatic rings. The van der Waals surface area contributed by atoms with Gasteiger partial charge in [0.05, 0.1) is 4.90 Å². The Morgan fingerprint density at radius 3 is 2.30 bits per heavy atom. The molecule has 2 aromatic carbocycles. The minimum atomic E-state index is -3.66. The monoisotopic (exact) mass is 329 g/mol. The Morgan fingerprint density at radius 2 is 1.70 bits per heavy atom. The summed E-state index contributed by atoms with van der Waals surface area (Å²) >= 11 is 0. The van der Waals surface area contributed by atoms with Crippen molar-refractivity contribution in [1.29, 1.82) is 0 Å². The normalized spacial score (nSPS) is 13.1. The second kappa shape index (κ2) is 7.85. The van der Waals surface area contributed by atoms with Crippen molar-refractivity contribution in [2.45, 2.75) is 24.3 Å². The molecular weight excluding hydrogens is 310 g/mol. The van der Waals surface area contributed by atoms with E-state index in [0.717, 1.165) is 11.1 Å². The molecule has 23 heavy (non-hydrogen) atoms. The molecule has 4 nitrogen and oxygen atoms in total. The molecule has 0 spiro atoms. The molecule has 1 atom stereocenters. The largest absolute Gasteiger partial charge is 0.303 e. The van der Waals surface area contributed by atoms with Gasteiger partial charge in [-0.1, -0.05) is 60.2 Å². The zero-order chi connectivity index (χ0) is 16.7. The number of carbonyl (C=O) groups is 1. The first-order chi connectivity index (χ1) is 11.0. The minimum Gasteiger partial charge on any atom is -0.303 e. The lowest BCUT2D eigenvalue weighted by Gasteiger charge is -2.13. The van der Waals surface area contributed by atoms with Crippen molar-refractivity contribution in [1.82, 2.24) is 4.72 Å². The van der Waals surface area contributed by atoms with Crippen molar-refractivity contribution in [3.05, 3.63) is 71.8 Å². The SMILES string of the molecule is Cc1ccc(S(=O)(=O)NC(/C=C/c2ccccc2)CC=O)cc1. The highest BCUT2D eigenvalue weighted by Gasteiger charge is 2.18. The fraction of sp³-hybridized carbons (Fsp3) is 0.167. The van der Waals surface area contributed by atoms with Gasteiger partial charge in [-0.2, -0.15) is 0 Å². The van der Waals surface area contributed by atoms with Crippen molar-refractivity contribution >= 4 is 22.4 Å².